The number of rotatable bonds is 9. The van der Waals surface area contributed by atoms with Gasteiger partial charge in [0.05, 0.1) is 8.07 Å². The summed E-state index contributed by atoms with van der Waals surface area (Å²) in [5.74, 6) is 0.770. The number of likely N-dealkylation sites (N-methyl/N-ethyl adjacent to an activating group) is 1. The fraction of sp³-hybridized carbons (Fsp3) is 0.320. The summed E-state index contributed by atoms with van der Waals surface area (Å²) in [6.45, 7) is 9.82. The van der Waals surface area contributed by atoms with Crippen molar-refractivity contribution in [1.82, 2.24) is 4.90 Å². The quantitative estimate of drug-likeness (QED) is 0.314. The summed E-state index contributed by atoms with van der Waals surface area (Å²) >= 11 is 7.30. The highest BCUT2D eigenvalue weighted by molar-refractivity contribution is 7.80. The molecule has 0 aliphatic rings. The molecule has 2 aromatic carbocycles. The number of nitrogens with one attached hydrogen (secondary N) is 1. The van der Waals surface area contributed by atoms with Crippen LogP contribution in [0.2, 0.25) is 19.6 Å². The maximum Gasteiger partial charge on any atom is 0.269 e. The van der Waals surface area contributed by atoms with Crippen LogP contribution >= 0.6 is 23.6 Å². The summed E-state index contributed by atoms with van der Waals surface area (Å²) < 4.78 is 5.95. The van der Waals surface area contributed by atoms with Gasteiger partial charge in [-0.2, -0.15) is 11.3 Å². The van der Waals surface area contributed by atoms with Crippen molar-refractivity contribution in [3.8, 4) is 5.75 Å². The predicted octanol–water partition coefficient (Wildman–Crippen LogP) is 5.64. The van der Waals surface area contributed by atoms with Crippen LogP contribution in [0.15, 0.2) is 65.4 Å². The Morgan fingerprint density at radius 3 is 2.47 bits per heavy atom. The number of thiocarbonyl (C=S) groups is 1. The van der Waals surface area contributed by atoms with E-state index in [4.69, 9.17) is 17.0 Å². The molecule has 0 atom stereocenters. The van der Waals surface area contributed by atoms with Crippen LogP contribution in [-0.4, -0.2) is 45.3 Å². The Morgan fingerprint density at radius 1 is 1.06 bits per heavy atom. The molecule has 0 spiro atoms. The molecule has 3 rings (SSSR count). The summed E-state index contributed by atoms with van der Waals surface area (Å²) in [5.41, 5.74) is 3.43. The normalized spacial score (nSPS) is 11.4. The molecule has 1 aromatic heterocycles. The minimum absolute atomic E-state index is 0.429. The molecule has 0 unspecified atom stereocenters. The molecule has 0 aliphatic carbocycles. The van der Waals surface area contributed by atoms with Gasteiger partial charge in [-0.1, -0.05) is 43.0 Å². The molecule has 4 nitrogen and oxygen atoms in total. The lowest BCUT2D eigenvalue weighted by Gasteiger charge is -2.22. The van der Waals surface area contributed by atoms with Crippen LogP contribution in [0.4, 0.5) is 11.4 Å². The maximum absolute atomic E-state index is 5.95. The second kappa shape index (κ2) is 11.1. The van der Waals surface area contributed by atoms with Crippen LogP contribution in [0.25, 0.3) is 0 Å². The first-order valence-electron chi connectivity index (χ1n) is 10.8. The number of ether oxygens (including phenoxy) is 1. The first kappa shape index (κ1) is 24.4. The third-order valence-electron chi connectivity index (χ3n) is 5.29. The smallest absolute Gasteiger partial charge is 0.269 e. The highest BCUT2D eigenvalue weighted by atomic mass is 32.1. The summed E-state index contributed by atoms with van der Waals surface area (Å²) in [4.78, 5) is 4.22. The molecule has 0 radical (unpaired) electrons. The van der Waals surface area contributed by atoms with Crippen molar-refractivity contribution >= 4 is 53.4 Å². The molecule has 0 saturated heterocycles. The maximum atomic E-state index is 5.95. The standard InChI is InChI=1S/C25H33N3OS2Si/c1-27(18-20-13-16-31-19-20)15-14-26-21-7-6-8-22(17-21)28(2)25(30)29-23-9-11-24(12-10-23)32(3,4)5/h6-13,16-17,19,26H,14-15,18H2,1-5H3. The Kier molecular flexibility index (Phi) is 8.48. The van der Waals surface area contributed by atoms with Gasteiger partial charge in [0, 0.05) is 38.1 Å². The highest BCUT2D eigenvalue weighted by Gasteiger charge is 2.16. The van der Waals surface area contributed by atoms with E-state index < -0.39 is 8.07 Å². The van der Waals surface area contributed by atoms with Crippen molar-refractivity contribution in [2.24, 2.45) is 0 Å². The van der Waals surface area contributed by atoms with E-state index in [9.17, 15) is 0 Å². The van der Waals surface area contributed by atoms with Crippen molar-refractivity contribution in [2.45, 2.75) is 26.2 Å². The Bertz CT molecular complexity index is 1000. The third kappa shape index (κ3) is 7.17. The van der Waals surface area contributed by atoms with E-state index >= 15 is 0 Å². The van der Waals surface area contributed by atoms with Crippen LogP contribution in [-0.2, 0) is 6.54 Å². The number of hydrogen-bond acceptors (Lipinski definition) is 5. The van der Waals surface area contributed by atoms with Crippen LogP contribution in [0.5, 0.6) is 5.75 Å². The molecular weight excluding hydrogens is 451 g/mol. The van der Waals surface area contributed by atoms with Crippen LogP contribution in [0, 0.1) is 0 Å². The number of hydrogen-bond donors (Lipinski definition) is 1. The number of benzene rings is 2. The molecule has 170 valence electrons. The molecule has 1 heterocycles. The van der Waals surface area contributed by atoms with Crippen molar-refractivity contribution in [1.29, 1.82) is 0 Å². The van der Waals surface area contributed by atoms with Gasteiger partial charge < -0.3 is 19.9 Å². The van der Waals surface area contributed by atoms with E-state index in [0.717, 1.165) is 36.8 Å². The van der Waals surface area contributed by atoms with E-state index in [2.05, 4.69) is 78.0 Å². The van der Waals surface area contributed by atoms with E-state index in [0.29, 0.717) is 5.17 Å². The van der Waals surface area contributed by atoms with Gasteiger partial charge in [-0.05, 0) is 72.0 Å². The fourth-order valence-electron chi connectivity index (χ4n) is 3.29. The zero-order chi connectivity index (χ0) is 23.1. The van der Waals surface area contributed by atoms with E-state index in [-0.39, 0.29) is 0 Å². The molecule has 0 fully saturated rings. The number of nitrogens with zero attached hydrogens (tertiary/aromatic N) is 2. The summed E-state index contributed by atoms with van der Waals surface area (Å²) in [7, 11) is 2.76. The third-order valence-corrected chi connectivity index (χ3v) is 8.44. The second-order valence-electron chi connectivity index (χ2n) is 9.05. The van der Waals surface area contributed by atoms with E-state index in [1.807, 2.05) is 36.2 Å². The molecule has 0 amide bonds. The molecule has 32 heavy (non-hydrogen) atoms. The Morgan fingerprint density at radius 2 is 1.81 bits per heavy atom. The second-order valence-corrected chi connectivity index (χ2v) is 15.3. The molecule has 3 aromatic rings. The topological polar surface area (TPSA) is 27.7 Å². The van der Waals surface area contributed by atoms with Crippen LogP contribution < -0.4 is 20.1 Å². The monoisotopic (exact) mass is 483 g/mol. The van der Waals surface area contributed by atoms with Crippen molar-refractivity contribution in [3.63, 3.8) is 0 Å². The average molecular weight is 484 g/mol. The largest absolute Gasteiger partial charge is 0.432 e. The van der Waals surface area contributed by atoms with Crippen LogP contribution in [0.1, 0.15) is 5.56 Å². The Hall–Kier alpha value is -2.19. The predicted molar refractivity (Wildman–Crippen MR) is 147 cm³/mol. The van der Waals surface area contributed by atoms with Gasteiger partial charge in [0.2, 0.25) is 0 Å². The zero-order valence-electron chi connectivity index (χ0n) is 19.6. The van der Waals surface area contributed by atoms with E-state index in [1.54, 1.807) is 11.3 Å². The van der Waals surface area contributed by atoms with Crippen LogP contribution in [0.3, 0.4) is 0 Å². The summed E-state index contributed by atoms with van der Waals surface area (Å²) in [6, 6.07) is 18.8. The lowest BCUT2D eigenvalue weighted by atomic mass is 10.2. The zero-order valence-corrected chi connectivity index (χ0v) is 22.2. The lowest BCUT2D eigenvalue weighted by Crippen LogP contribution is -2.37. The summed E-state index contributed by atoms with van der Waals surface area (Å²) in [5, 5.41) is 9.68. The van der Waals surface area contributed by atoms with E-state index in [1.165, 1.54) is 10.8 Å². The van der Waals surface area contributed by atoms with Gasteiger partial charge in [0.15, 0.2) is 0 Å². The van der Waals surface area contributed by atoms with Gasteiger partial charge in [-0.3, -0.25) is 0 Å². The summed E-state index contributed by atoms with van der Waals surface area (Å²) in [6.07, 6.45) is 0. The molecule has 0 bridgehead atoms. The minimum Gasteiger partial charge on any atom is -0.432 e. The first-order chi connectivity index (χ1) is 15.2. The van der Waals surface area contributed by atoms with Gasteiger partial charge >= 0.3 is 0 Å². The van der Waals surface area contributed by atoms with Gasteiger partial charge in [0.25, 0.3) is 5.17 Å². The van der Waals surface area contributed by atoms with Crippen molar-refractivity contribution < 1.29 is 4.74 Å². The van der Waals surface area contributed by atoms with Gasteiger partial charge in [-0.15, -0.1) is 0 Å². The van der Waals surface area contributed by atoms with Crippen molar-refractivity contribution in [2.75, 3.05) is 37.4 Å². The molecule has 0 aliphatic heterocycles. The minimum atomic E-state index is -1.32. The SMILES string of the molecule is CN(CCNc1cccc(N(C)C(=S)Oc2ccc([Si](C)(C)C)cc2)c1)Cc1ccsc1. The molecule has 0 saturated carbocycles. The molecular formula is C25H33N3OS2Si. The Labute approximate surface area is 202 Å². The lowest BCUT2D eigenvalue weighted by molar-refractivity contribution is 0.340. The van der Waals surface area contributed by atoms with Crippen molar-refractivity contribution in [3.05, 3.63) is 70.9 Å². The average Bonchev–Trinajstić information content (AvgIpc) is 3.26. The van der Waals surface area contributed by atoms with Gasteiger partial charge in [0.1, 0.15) is 5.75 Å². The first-order valence-corrected chi connectivity index (χ1v) is 15.7. The highest BCUT2D eigenvalue weighted by Crippen LogP contribution is 2.20. The molecule has 1 N–H and O–H groups in total. The number of anilines is 2. The molecule has 7 heteroatoms. The fourth-order valence-corrected chi connectivity index (χ4v) is 5.31. The van der Waals surface area contributed by atoms with Gasteiger partial charge in [-0.25, -0.2) is 0 Å². The number of thiophene rings is 1. The Balaban J connectivity index is 1.52.